The minimum atomic E-state index is -0.819. The molecule has 2 aromatic carbocycles. The van der Waals surface area contributed by atoms with Gasteiger partial charge in [0.05, 0.1) is 0 Å². The van der Waals surface area contributed by atoms with Crippen LogP contribution in [-0.4, -0.2) is 17.0 Å². The van der Waals surface area contributed by atoms with Gasteiger partial charge >= 0.3 is 0 Å². The second kappa shape index (κ2) is 5.14. The highest BCUT2D eigenvalue weighted by Gasteiger charge is 2.17. The van der Waals surface area contributed by atoms with Crippen LogP contribution in [0.4, 0.5) is 0 Å². The summed E-state index contributed by atoms with van der Waals surface area (Å²) in [6, 6.07) is 14.5. The Morgan fingerprint density at radius 1 is 0.947 bits per heavy atom. The lowest BCUT2D eigenvalue weighted by atomic mass is 10.1. The highest BCUT2D eigenvalue weighted by molar-refractivity contribution is 5.65. The summed E-state index contributed by atoms with van der Waals surface area (Å²) in [5, 5.41) is 9.25. The second-order valence-corrected chi connectivity index (χ2v) is 4.89. The number of carbonyl (C=O) groups excluding carboxylic acids is 1. The fourth-order valence-electron chi connectivity index (χ4n) is 1.70. The number of hydrogen-bond acceptors (Lipinski definition) is 3. The van der Waals surface area contributed by atoms with Crippen molar-refractivity contribution in [2.75, 3.05) is 0 Å². The van der Waals surface area contributed by atoms with Crippen LogP contribution in [0.3, 0.4) is 0 Å². The molecular formula is C16H16O3. The lowest BCUT2D eigenvalue weighted by Gasteiger charge is -2.19. The van der Waals surface area contributed by atoms with Crippen LogP contribution in [0, 0.1) is 0 Å². The first-order chi connectivity index (χ1) is 9.00. The van der Waals surface area contributed by atoms with Gasteiger partial charge in [0, 0.05) is 0 Å². The average molecular weight is 256 g/mol. The number of rotatable bonds is 4. The van der Waals surface area contributed by atoms with E-state index in [9.17, 15) is 9.90 Å². The number of aldehydes is 1. The number of benzene rings is 2. The molecule has 2 rings (SSSR count). The SMILES string of the molecule is CC(C)(C=O)Oc1ccc(-c2ccc(O)cc2)cc1. The van der Waals surface area contributed by atoms with Crippen molar-refractivity contribution in [2.45, 2.75) is 19.4 Å². The van der Waals surface area contributed by atoms with E-state index in [1.54, 1.807) is 26.0 Å². The van der Waals surface area contributed by atoms with Gasteiger partial charge in [-0.1, -0.05) is 24.3 Å². The molecule has 0 unspecified atom stereocenters. The van der Waals surface area contributed by atoms with Crippen LogP contribution in [0.15, 0.2) is 48.5 Å². The molecule has 0 fully saturated rings. The molecule has 0 aliphatic carbocycles. The van der Waals surface area contributed by atoms with Crippen molar-refractivity contribution in [3.05, 3.63) is 48.5 Å². The zero-order valence-corrected chi connectivity index (χ0v) is 11.0. The lowest BCUT2D eigenvalue weighted by molar-refractivity contribution is -0.118. The van der Waals surface area contributed by atoms with Crippen LogP contribution >= 0.6 is 0 Å². The summed E-state index contributed by atoms with van der Waals surface area (Å²) in [4.78, 5) is 10.8. The zero-order valence-electron chi connectivity index (χ0n) is 11.0. The van der Waals surface area contributed by atoms with Gasteiger partial charge in [-0.2, -0.15) is 0 Å². The molecule has 3 heteroatoms. The minimum absolute atomic E-state index is 0.247. The van der Waals surface area contributed by atoms with Crippen LogP contribution in [-0.2, 0) is 4.79 Å². The molecule has 98 valence electrons. The van der Waals surface area contributed by atoms with Gasteiger partial charge in [-0.25, -0.2) is 0 Å². The maximum atomic E-state index is 10.8. The highest BCUT2D eigenvalue weighted by Crippen LogP contribution is 2.25. The summed E-state index contributed by atoms with van der Waals surface area (Å²) in [6.45, 7) is 3.43. The number of phenols is 1. The molecule has 0 atom stereocenters. The van der Waals surface area contributed by atoms with E-state index in [4.69, 9.17) is 4.74 Å². The molecule has 0 amide bonds. The maximum Gasteiger partial charge on any atom is 0.162 e. The Balaban J connectivity index is 2.19. The Morgan fingerprint density at radius 3 is 1.89 bits per heavy atom. The fourth-order valence-corrected chi connectivity index (χ4v) is 1.70. The van der Waals surface area contributed by atoms with E-state index in [1.165, 1.54) is 0 Å². The summed E-state index contributed by atoms with van der Waals surface area (Å²) in [6.07, 6.45) is 0.779. The molecule has 0 saturated carbocycles. The molecular weight excluding hydrogens is 240 g/mol. The third-order valence-electron chi connectivity index (χ3n) is 2.72. The predicted octanol–water partition coefficient (Wildman–Crippen LogP) is 3.42. The van der Waals surface area contributed by atoms with E-state index in [0.29, 0.717) is 5.75 Å². The van der Waals surface area contributed by atoms with E-state index >= 15 is 0 Å². The van der Waals surface area contributed by atoms with Crippen molar-refractivity contribution in [1.82, 2.24) is 0 Å². The molecule has 3 nitrogen and oxygen atoms in total. The monoisotopic (exact) mass is 256 g/mol. The molecule has 0 bridgehead atoms. The Morgan fingerprint density at radius 2 is 1.42 bits per heavy atom. The summed E-state index contributed by atoms with van der Waals surface area (Å²) in [5.41, 5.74) is 1.22. The maximum absolute atomic E-state index is 10.8. The highest BCUT2D eigenvalue weighted by atomic mass is 16.5. The standard InChI is InChI=1S/C16H16O3/c1-16(2,11-17)19-15-9-5-13(6-10-15)12-3-7-14(18)8-4-12/h3-11,18H,1-2H3. The summed E-state index contributed by atoms with van der Waals surface area (Å²) in [5.74, 6) is 0.899. The number of ether oxygens (including phenoxy) is 1. The van der Waals surface area contributed by atoms with Crippen molar-refractivity contribution in [1.29, 1.82) is 0 Å². The van der Waals surface area contributed by atoms with E-state index in [2.05, 4.69) is 0 Å². The van der Waals surface area contributed by atoms with Crippen molar-refractivity contribution in [3.63, 3.8) is 0 Å². The van der Waals surface area contributed by atoms with Gasteiger partial charge in [0.2, 0.25) is 0 Å². The van der Waals surface area contributed by atoms with E-state index in [1.807, 2.05) is 36.4 Å². The first-order valence-corrected chi connectivity index (χ1v) is 6.05. The minimum Gasteiger partial charge on any atom is -0.508 e. The van der Waals surface area contributed by atoms with Crippen LogP contribution < -0.4 is 4.74 Å². The largest absolute Gasteiger partial charge is 0.508 e. The van der Waals surface area contributed by atoms with Crippen LogP contribution in [0.1, 0.15) is 13.8 Å². The Labute approximate surface area is 112 Å². The summed E-state index contributed by atoms with van der Waals surface area (Å²) >= 11 is 0. The molecule has 0 radical (unpaired) electrons. The van der Waals surface area contributed by atoms with Gasteiger partial charge in [-0.3, -0.25) is 4.79 Å². The summed E-state index contributed by atoms with van der Waals surface area (Å²) in [7, 11) is 0. The number of carbonyl (C=O) groups is 1. The molecule has 0 aromatic heterocycles. The molecule has 0 spiro atoms. The van der Waals surface area contributed by atoms with Crippen molar-refractivity contribution in [2.24, 2.45) is 0 Å². The van der Waals surface area contributed by atoms with Gasteiger partial charge in [-0.05, 0) is 49.2 Å². The average Bonchev–Trinajstić information content (AvgIpc) is 2.40. The van der Waals surface area contributed by atoms with E-state index in [0.717, 1.165) is 17.4 Å². The van der Waals surface area contributed by atoms with E-state index < -0.39 is 5.60 Å². The van der Waals surface area contributed by atoms with E-state index in [-0.39, 0.29) is 5.75 Å². The Kier molecular flexibility index (Phi) is 3.56. The normalized spacial score (nSPS) is 11.1. The van der Waals surface area contributed by atoms with Crippen molar-refractivity contribution >= 4 is 6.29 Å². The number of phenolic OH excluding ortho intramolecular Hbond substituents is 1. The molecule has 0 saturated heterocycles. The van der Waals surface area contributed by atoms with Crippen LogP contribution in [0.2, 0.25) is 0 Å². The molecule has 1 N–H and O–H groups in total. The molecule has 19 heavy (non-hydrogen) atoms. The van der Waals surface area contributed by atoms with Gasteiger partial charge < -0.3 is 9.84 Å². The third kappa shape index (κ3) is 3.35. The quantitative estimate of drug-likeness (QED) is 0.853. The summed E-state index contributed by atoms with van der Waals surface area (Å²) < 4.78 is 5.55. The van der Waals surface area contributed by atoms with Gasteiger partial charge in [0.1, 0.15) is 11.5 Å². The molecule has 0 aliphatic rings. The zero-order chi connectivity index (χ0) is 13.9. The lowest BCUT2D eigenvalue weighted by Crippen LogP contribution is -2.29. The predicted molar refractivity (Wildman–Crippen MR) is 74.3 cm³/mol. The van der Waals surface area contributed by atoms with Gasteiger partial charge in [0.25, 0.3) is 0 Å². The van der Waals surface area contributed by atoms with Crippen LogP contribution in [0.25, 0.3) is 11.1 Å². The Hall–Kier alpha value is -2.29. The first-order valence-electron chi connectivity index (χ1n) is 6.05. The number of aromatic hydroxyl groups is 1. The third-order valence-corrected chi connectivity index (χ3v) is 2.72. The molecule has 0 aliphatic heterocycles. The van der Waals surface area contributed by atoms with Gasteiger partial charge in [0.15, 0.2) is 11.9 Å². The fraction of sp³-hybridized carbons (Fsp3) is 0.188. The second-order valence-electron chi connectivity index (χ2n) is 4.89. The first kappa shape index (κ1) is 13.1. The van der Waals surface area contributed by atoms with Crippen LogP contribution in [0.5, 0.6) is 11.5 Å². The Bertz CT molecular complexity index is 554. The number of hydrogen-bond donors (Lipinski definition) is 1. The smallest absolute Gasteiger partial charge is 0.162 e. The topological polar surface area (TPSA) is 46.5 Å². The van der Waals surface area contributed by atoms with Crippen molar-refractivity contribution in [3.8, 4) is 22.6 Å². The van der Waals surface area contributed by atoms with Gasteiger partial charge in [-0.15, -0.1) is 0 Å². The molecule has 2 aromatic rings. The van der Waals surface area contributed by atoms with Crippen molar-refractivity contribution < 1.29 is 14.6 Å². The molecule has 0 heterocycles.